The largest absolute Gasteiger partial charge is 0.373 e. The smallest absolute Gasteiger partial charge is 0.113 e. The predicted molar refractivity (Wildman–Crippen MR) is 65.5 cm³/mol. The molecule has 0 aliphatic carbocycles. The van der Waals surface area contributed by atoms with Gasteiger partial charge in [-0.15, -0.1) is 0 Å². The van der Waals surface area contributed by atoms with Crippen LogP contribution in [0, 0.1) is 0 Å². The topological polar surface area (TPSA) is 12.5 Å². The monoisotopic (exact) mass is 231 g/mol. The van der Waals surface area contributed by atoms with E-state index in [0.29, 0.717) is 6.10 Å². The first-order valence-corrected chi connectivity index (χ1v) is 6.76. The SMILES string of the molecule is CCCCCCCCN1CC(OCCF)C1. The quantitative estimate of drug-likeness (QED) is 0.536. The van der Waals surface area contributed by atoms with Gasteiger partial charge < -0.3 is 4.74 Å². The molecule has 0 unspecified atom stereocenters. The van der Waals surface area contributed by atoms with Crippen molar-refractivity contribution < 1.29 is 9.13 Å². The third kappa shape index (κ3) is 5.80. The van der Waals surface area contributed by atoms with E-state index < -0.39 is 0 Å². The second-order valence-electron chi connectivity index (χ2n) is 4.71. The molecule has 1 heterocycles. The number of ether oxygens (including phenoxy) is 1. The van der Waals surface area contributed by atoms with Crippen LogP contribution in [-0.2, 0) is 4.74 Å². The maximum atomic E-state index is 11.8. The summed E-state index contributed by atoms with van der Waals surface area (Å²) >= 11 is 0. The lowest BCUT2D eigenvalue weighted by molar-refractivity contribution is -0.0576. The third-order valence-corrected chi connectivity index (χ3v) is 3.18. The van der Waals surface area contributed by atoms with Gasteiger partial charge in [0.15, 0.2) is 0 Å². The summed E-state index contributed by atoms with van der Waals surface area (Å²) in [5, 5.41) is 0. The van der Waals surface area contributed by atoms with Crippen LogP contribution in [0.3, 0.4) is 0 Å². The molecule has 0 amide bonds. The number of nitrogens with zero attached hydrogens (tertiary/aromatic N) is 1. The van der Waals surface area contributed by atoms with E-state index in [9.17, 15) is 4.39 Å². The molecule has 0 saturated carbocycles. The number of unbranched alkanes of at least 4 members (excludes halogenated alkanes) is 5. The van der Waals surface area contributed by atoms with Crippen molar-refractivity contribution in [3.8, 4) is 0 Å². The molecule has 0 spiro atoms. The molecule has 0 atom stereocenters. The summed E-state index contributed by atoms with van der Waals surface area (Å²) in [6.07, 6.45) is 8.42. The van der Waals surface area contributed by atoms with Gasteiger partial charge in [-0.3, -0.25) is 4.90 Å². The summed E-state index contributed by atoms with van der Waals surface area (Å²) in [4.78, 5) is 2.41. The highest BCUT2D eigenvalue weighted by Crippen LogP contribution is 2.13. The molecular formula is C13H26FNO. The molecule has 3 heteroatoms. The summed E-state index contributed by atoms with van der Waals surface area (Å²) in [7, 11) is 0. The Hall–Kier alpha value is -0.150. The molecule has 1 rings (SSSR count). The molecule has 0 bridgehead atoms. The van der Waals surface area contributed by atoms with E-state index >= 15 is 0 Å². The van der Waals surface area contributed by atoms with Crippen LogP contribution < -0.4 is 0 Å². The minimum Gasteiger partial charge on any atom is -0.373 e. The number of halogens is 1. The van der Waals surface area contributed by atoms with Crippen LogP contribution in [0.25, 0.3) is 0 Å². The standard InChI is InChI=1S/C13H26FNO/c1-2-3-4-5-6-7-9-15-11-13(12-15)16-10-8-14/h13H,2-12H2,1H3. The van der Waals surface area contributed by atoms with Crippen molar-refractivity contribution in [1.82, 2.24) is 4.90 Å². The highest BCUT2D eigenvalue weighted by atomic mass is 19.1. The van der Waals surface area contributed by atoms with Gasteiger partial charge in [0.2, 0.25) is 0 Å². The Morgan fingerprint density at radius 3 is 2.50 bits per heavy atom. The molecule has 0 radical (unpaired) electrons. The van der Waals surface area contributed by atoms with E-state index in [1.165, 1.54) is 45.1 Å². The Morgan fingerprint density at radius 1 is 1.12 bits per heavy atom. The molecule has 1 fully saturated rings. The number of likely N-dealkylation sites (tertiary alicyclic amines) is 1. The Bertz CT molecular complexity index is 160. The molecule has 0 aromatic rings. The Morgan fingerprint density at radius 2 is 1.81 bits per heavy atom. The van der Waals surface area contributed by atoms with Gasteiger partial charge in [0, 0.05) is 13.1 Å². The summed E-state index contributed by atoms with van der Waals surface area (Å²) in [6.45, 7) is 5.38. The minimum absolute atomic E-state index is 0.273. The van der Waals surface area contributed by atoms with Crippen molar-refractivity contribution >= 4 is 0 Å². The zero-order chi connectivity index (χ0) is 11.6. The fourth-order valence-corrected chi connectivity index (χ4v) is 2.14. The average molecular weight is 231 g/mol. The zero-order valence-corrected chi connectivity index (χ0v) is 10.6. The van der Waals surface area contributed by atoms with Gasteiger partial charge in [0.25, 0.3) is 0 Å². The normalized spacial score (nSPS) is 17.6. The minimum atomic E-state index is -0.353. The Labute approximate surface area is 99.2 Å². The molecule has 1 aliphatic heterocycles. The number of hydrogen-bond acceptors (Lipinski definition) is 2. The van der Waals surface area contributed by atoms with E-state index in [2.05, 4.69) is 11.8 Å². The molecule has 1 saturated heterocycles. The van der Waals surface area contributed by atoms with E-state index in [0.717, 1.165) is 13.1 Å². The summed E-state index contributed by atoms with van der Waals surface area (Å²) in [6, 6.07) is 0. The maximum Gasteiger partial charge on any atom is 0.113 e. The van der Waals surface area contributed by atoms with E-state index in [-0.39, 0.29) is 13.3 Å². The Balaban J connectivity index is 1.79. The van der Waals surface area contributed by atoms with Gasteiger partial charge >= 0.3 is 0 Å². The van der Waals surface area contributed by atoms with Crippen LogP contribution in [0.5, 0.6) is 0 Å². The Kier molecular flexibility index (Phi) is 7.77. The molecule has 0 N–H and O–H groups in total. The van der Waals surface area contributed by atoms with Crippen LogP contribution in [0.2, 0.25) is 0 Å². The van der Waals surface area contributed by atoms with Crippen LogP contribution in [0.1, 0.15) is 45.4 Å². The fraction of sp³-hybridized carbons (Fsp3) is 1.00. The molecule has 2 nitrogen and oxygen atoms in total. The second kappa shape index (κ2) is 8.94. The van der Waals surface area contributed by atoms with Gasteiger partial charge in [-0.05, 0) is 13.0 Å². The second-order valence-corrected chi connectivity index (χ2v) is 4.71. The van der Waals surface area contributed by atoms with Crippen LogP contribution in [0.15, 0.2) is 0 Å². The van der Waals surface area contributed by atoms with E-state index in [4.69, 9.17) is 4.74 Å². The number of alkyl halides is 1. The van der Waals surface area contributed by atoms with Crippen molar-refractivity contribution in [3.63, 3.8) is 0 Å². The van der Waals surface area contributed by atoms with Crippen LogP contribution >= 0.6 is 0 Å². The van der Waals surface area contributed by atoms with Crippen LogP contribution in [-0.4, -0.2) is 43.9 Å². The zero-order valence-electron chi connectivity index (χ0n) is 10.6. The average Bonchev–Trinajstić information content (AvgIpc) is 2.24. The number of hydrogen-bond donors (Lipinski definition) is 0. The molecular weight excluding hydrogens is 205 g/mol. The first-order chi connectivity index (χ1) is 7.86. The predicted octanol–water partition coefficient (Wildman–Crippen LogP) is 3.02. The molecule has 16 heavy (non-hydrogen) atoms. The van der Waals surface area contributed by atoms with Crippen molar-refractivity contribution in [1.29, 1.82) is 0 Å². The van der Waals surface area contributed by atoms with Crippen molar-refractivity contribution in [2.75, 3.05) is 32.9 Å². The van der Waals surface area contributed by atoms with Gasteiger partial charge in [-0.2, -0.15) is 0 Å². The van der Waals surface area contributed by atoms with Crippen molar-refractivity contribution in [2.45, 2.75) is 51.6 Å². The van der Waals surface area contributed by atoms with Crippen LogP contribution in [0.4, 0.5) is 4.39 Å². The van der Waals surface area contributed by atoms with E-state index in [1.54, 1.807) is 0 Å². The maximum absolute atomic E-state index is 11.8. The van der Waals surface area contributed by atoms with Gasteiger partial charge in [-0.1, -0.05) is 39.0 Å². The fourth-order valence-electron chi connectivity index (χ4n) is 2.14. The highest BCUT2D eigenvalue weighted by Gasteiger charge is 2.26. The lowest BCUT2D eigenvalue weighted by Crippen LogP contribution is -2.52. The summed E-state index contributed by atoms with van der Waals surface area (Å²) < 4.78 is 17.1. The lowest BCUT2D eigenvalue weighted by Gasteiger charge is -2.38. The first kappa shape index (κ1) is 13.9. The van der Waals surface area contributed by atoms with Gasteiger partial charge in [0.1, 0.15) is 6.67 Å². The molecule has 0 aromatic carbocycles. The lowest BCUT2D eigenvalue weighted by atomic mass is 10.1. The van der Waals surface area contributed by atoms with Crippen molar-refractivity contribution in [3.05, 3.63) is 0 Å². The first-order valence-electron chi connectivity index (χ1n) is 6.76. The van der Waals surface area contributed by atoms with E-state index in [1.807, 2.05) is 0 Å². The highest BCUT2D eigenvalue weighted by molar-refractivity contribution is 4.80. The molecule has 96 valence electrons. The third-order valence-electron chi connectivity index (χ3n) is 3.18. The van der Waals surface area contributed by atoms with Gasteiger partial charge in [0.05, 0.1) is 12.7 Å². The van der Waals surface area contributed by atoms with Gasteiger partial charge in [-0.25, -0.2) is 4.39 Å². The molecule has 1 aliphatic rings. The summed E-state index contributed by atoms with van der Waals surface area (Å²) in [5.74, 6) is 0. The molecule has 0 aromatic heterocycles. The summed E-state index contributed by atoms with van der Waals surface area (Å²) in [5.41, 5.74) is 0. The number of rotatable bonds is 10. The van der Waals surface area contributed by atoms with Crippen molar-refractivity contribution in [2.24, 2.45) is 0 Å².